The summed E-state index contributed by atoms with van der Waals surface area (Å²) in [6, 6.07) is 11.3. The number of carboxylic acid groups (broad SMARTS) is 6. The molecule has 0 aliphatic carbocycles. The van der Waals surface area contributed by atoms with Crippen molar-refractivity contribution in [1.82, 2.24) is 14.7 Å². The van der Waals surface area contributed by atoms with Gasteiger partial charge in [-0.2, -0.15) is 0 Å². The van der Waals surface area contributed by atoms with Gasteiger partial charge in [-0.05, 0) is 42.2 Å². The summed E-state index contributed by atoms with van der Waals surface area (Å²) in [5, 5.41) is 56.5. The summed E-state index contributed by atoms with van der Waals surface area (Å²) in [7, 11) is 0. The summed E-state index contributed by atoms with van der Waals surface area (Å²) >= 11 is 0. The molecule has 17 heteroatoms. The molecule has 0 fully saturated rings. The second-order valence-corrected chi connectivity index (χ2v) is 11.8. The van der Waals surface area contributed by atoms with Crippen molar-refractivity contribution < 1.29 is 68.9 Å². The Hall–Kier alpha value is -5.26. The SMILES string of the molecule is CCCCc1ccc(COc2ccc(OCC(CN(CCN(CC(=O)O)CC(=O)O)CC(=O)O)N(CC(=O)O)CC(=O)O)c(CC(=O)O)c2)cc1. The zero-order chi connectivity index (χ0) is 37.9. The zero-order valence-electron chi connectivity index (χ0n) is 28.3. The molecular formula is C34H45N3O14. The number of aliphatic carboxylic acids is 6. The molecule has 0 bridgehead atoms. The topological polar surface area (TPSA) is 252 Å². The lowest BCUT2D eigenvalue weighted by Gasteiger charge is -2.34. The molecule has 6 N–H and O–H groups in total. The molecule has 0 amide bonds. The first-order valence-corrected chi connectivity index (χ1v) is 16.1. The molecule has 0 heterocycles. The molecule has 0 aliphatic heterocycles. The largest absolute Gasteiger partial charge is 0.492 e. The van der Waals surface area contributed by atoms with Gasteiger partial charge in [0.2, 0.25) is 0 Å². The summed E-state index contributed by atoms with van der Waals surface area (Å²) in [4.78, 5) is 72.7. The van der Waals surface area contributed by atoms with Crippen LogP contribution >= 0.6 is 0 Å². The summed E-state index contributed by atoms with van der Waals surface area (Å²) in [6.07, 6.45) is 2.66. The minimum atomic E-state index is -1.39. The van der Waals surface area contributed by atoms with Crippen LogP contribution in [0.2, 0.25) is 0 Å². The van der Waals surface area contributed by atoms with Gasteiger partial charge in [-0.1, -0.05) is 37.6 Å². The Bertz CT molecular complexity index is 1450. The predicted octanol–water partition coefficient (Wildman–Crippen LogP) is 1.31. The highest BCUT2D eigenvalue weighted by atomic mass is 16.5. The maximum absolute atomic E-state index is 11.7. The number of benzene rings is 2. The molecule has 1 unspecified atom stereocenters. The first-order valence-electron chi connectivity index (χ1n) is 16.1. The Labute approximate surface area is 294 Å². The van der Waals surface area contributed by atoms with Crippen molar-refractivity contribution in [3.63, 3.8) is 0 Å². The lowest BCUT2D eigenvalue weighted by molar-refractivity contribution is -0.145. The van der Waals surface area contributed by atoms with Gasteiger partial charge in [-0.25, -0.2) is 0 Å². The number of ether oxygens (including phenoxy) is 2. The quantitative estimate of drug-likeness (QED) is 0.0761. The Balaban J connectivity index is 2.33. The number of hydrogen-bond donors (Lipinski definition) is 6. The monoisotopic (exact) mass is 719 g/mol. The van der Waals surface area contributed by atoms with Crippen LogP contribution in [0.25, 0.3) is 0 Å². The van der Waals surface area contributed by atoms with Crippen molar-refractivity contribution in [1.29, 1.82) is 0 Å². The molecule has 0 saturated heterocycles. The highest BCUT2D eigenvalue weighted by Gasteiger charge is 2.28. The van der Waals surface area contributed by atoms with Crippen molar-refractivity contribution in [2.45, 2.75) is 45.3 Å². The lowest BCUT2D eigenvalue weighted by Crippen LogP contribution is -2.52. The Morgan fingerprint density at radius 3 is 1.71 bits per heavy atom. The average Bonchev–Trinajstić information content (AvgIpc) is 3.02. The van der Waals surface area contributed by atoms with Gasteiger partial charge in [-0.15, -0.1) is 0 Å². The number of aryl methyl sites for hydroxylation is 1. The number of nitrogens with zero attached hydrogens (tertiary/aromatic N) is 3. The van der Waals surface area contributed by atoms with Crippen LogP contribution in [0.5, 0.6) is 11.5 Å². The first-order chi connectivity index (χ1) is 24.1. The molecule has 2 rings (SSSR count). The molecule has 17 nitrogen and oxygen atoms in total. The molecule has 0 radical (unpaired) electrons. The van der Waals surface area contributed by atoms with Crippen LogP contribution in [0.15, 0.2) is 42.5 Å². The van der Waals surface area contributed by atoms with Crippen molar-refractivity contribution in [2.75, 3.05) is 59.0 Å². The van der Waals surface area contributed by atoms with Crippen LogP contribution in [0, 0.1) is 0 Å². The van der Waals surface area contributed by atoms with E-state index < -0.39 is 87.6 Å². The van der Waals surface area contributed by atoms with Gasteiger partial charge < -0.3 is 40.1 Å². The van der Waals surface area contributed by atoms with E-state index in [1.165, 1.54) is 22.6 Å². The zero-order valence-corrected chi connectivity index (χ0v) is 28.3. The van der Waals surface area contributed by atoms with Gasteiger partial charge in [0.25, 0.3) is 0 Å². The van der Waals surface area contributed by atoms with Crippen molar-refractivity contribution in [3.05, 3.63) is 59.2 Å². The fraction of sp³-hybridized carbons (Fsp3) is 0.471. The summed E-state index contributed by atoms with van der Waals surface area (Å²) < 4.78 is 11.9. The van der Waals surface area contributed by atoms with E-state index in [9.17, 15) is 49.2 Å². The summed E-state index contributed by atoms with van der Waals surface area (Å²) in [6.45, 7) is -2.28. The fourth-order valence-corrected chi connectivity index (χ4v) is 5.16. The van der Waals surface area contributed by atoms with E-state index in [1.807, 2.05) is 24.3 Å². The molecule has 0 saturated carbocycles. The highest BCUT2D eigenvalue weighted by molar-refractivity contribution is 5.73. The predicted molar refractivity (Wildman–Crippen MR) is 179 cm³/mol. The summed E-state index contributed by atoms with van der Waals surface area (Å²) in [5.74, 6) is -7.46. The van der Waals surface area contributed by atoms with Gasteiger partial charge in [0.1, 0.15) is 24.7 Å². The van der Waals surface area contributed by atoms with Crippen LogP contribution < -0.4 is 9.47 Å². The van der Waals surface area contributed by atoms with E-state index >= 15 is 0 Å². The highest BCUT2D eigenvalue weighted by Crippen LogP contribution is 2.26. The van der Waals surface area contributed by atoms with Gasteiger partial charge in [0.15, 0.2) is 0 Å². The van der Waals surface area contributed by atoms with Crippen LogP contribution in [0.1, 0.15) is 36.5 Å². The lowest BCUT2D eigenvalue weighted by atomic mass is 10.1. The van der Waals surface area contributed by atoms with Crippen molar-refractivity contribution in [2.24, 2.45) is 0 Å². The van der Waals surface area contributed by atoms with Crippen molar-refractivity contribution >= 4 is 35.8 Å². The van der Waals surface area contributed by atoms with E-state index in [0.29, 0.717) is 5.75 Å². The smallest absolute Gasteiger partial charge is 0.317 e. The molecule has 280 valence electrons. The normalized spacial score (nSPS) is 11.8. The third kappa shape index (κ3) is 17.3. The van der Waals surface area contributed by atoms with Gasteiger partial charge in [0, 0.05) is 25.2 Å². The maximum Gasteiger partial charge on any atom is 0.317 e. The van der Waals surface area contributed by atoms with Gasteiger partial charge in [0.05, 0.1) is 45.2 Å². The van der Waals surface area contributed by atoms with E-state index in [0.717, 1.165) is 34.6 Å². The standard InChI is InChI=1S/C34H45N3O14/c1-2-3-4-23-5-7-24(8-6-23)21-50-27-9-10-28(25(13-27)14-29(38)39)51-22-26(37(19-33(46)47)20-34(48)49)15-35(16-30(40)41)11-12-36(17-31(42)43)18-32(44)45/h5-10,13,26H,2-4,11-12,14-22H2,1H3,(H,38,39)(H,40,41)(H,42,43)(H,44,45)(H,46,47)(H,48,49). The molecular weight excluding hydrogens is 674 g/mol. The number of carboxylic acids is 6. The Morgan fingerprint density at radius 2 is 1.18 bits per heavy atom. The number of rotatable bonds is 27. The van der Waals surface area contributed by atoms with E-state index in [4.69, 9.17) is 19.7 Å². The molecule has 2 aromatic carbocycles. The van der Waals surface area contributed by atoms with E-state index in [1.54, 1.807) is 6.07 Å². The molecule has 0 aliphatic rings. The average molecular weight is 720 g/mol. The van der Waals surface area contributed by atoms with Crippen LogP contribution in [0.4, 0.5) is 0 Å². The summed E-state index contributed by atoms with van der Waals surface area (Å²) in [5.41, 5.74) is 2.31. The molecule has 51 heavy (non-hydrogen) atoms. The third-order valence-corrected chi connectivity index (χ3v) is 7.52. The van der Waals surface area contributed by atoms with Crippen LogP contribution in [-0.2, 0) is 48.2 Å². The van der Waals surface area contributed by atoms with Gasteiger partial charge in [-0.3, -0.25) is 43.5 Å². The fourth-order valence-electron chi connectivity index (χ4n) is 5.16. The molecule has 1 atom stereocenters. The molecule has 0 aromatic heterocycles. The molecule has 0 spiro atoms. The Kier molecular flexibility index (Phi) is 17.9. The van der Waals surface area contributed by atoms with Crippen LogP contribution in [0.3, 0.4) is 0 Å². The van der Waals surface area contributed by atoms with Gasteiger partial charge >= 0.3 is 35.8 Å². The number of unbranched alkanes of at least 4 members (excludes halogenated alkanes) is 1. The third-order valence-electron chi connectivity index (χ3n) is 7.52. The maximum atomic E-state index is 11.7. The van der Waals surface area contributed by atoms with Crippen LogP contribution in [-0.4, -0.2) is 146 Å². The second-order valence-electron chi connectivity index (χ2n) is 11.8. The van der Waals surface area contributed by atoms with E-state index in [2.05, 4.69) is 6.92 Å². The number of hydrogen-bond acceptors (Lipinski definition) is 11. The second kappa shape index (κ2) is 21.7. The molecule has 2 aromatic rings. The number of carbonyl (C=O) groups is 6. The minimum absolute atomic E-state index is 0.0829. The minimum Gasteiger partial charge on any atom is -0.492 e. The Morgan fingerprint density at radius 1 is 0.647 bits per heavy atom. The first kappa shape index (κ1) is 41.9. The van der Waals surface area contributed by atoms with E-state index in [-0.39, 0.29) is 37.6 Å². The van der Waals surface area contributed by atoms with Crippen molar-refractivity contribution in [3.8, 4) is 11.5 Å².